The second-order valence-electron chi connectivity index (χ2n) is 9.04. The van der Waals surface area contributed by atoms with Gasteiger partial charge in [0.25, 0.3) is 0 Å². The van der Waals surface area contributed by atoms with Gasteiger partial charge in [0.1, 0.15) is 5.60 Å². The van der Waals surface area contributed by atoms with Gasteiger partial charge in [-0.15, -0.1) is 0 Å². The lowest BCUT2D eigenvalue weighted by molar-refractivity contribution is -0.909. The van der Waals surface area contributed by atoms with Crippen molar-refractivity contribution < 1.29 is 18.5 Å². The lowest BCUT2D eigenvalue weighted by atomic mass is 10.2. The summed E-state index contributed by atoms with van der Waals surface area (Å²) in [5, 5.41) is 2.83. The predicted molar refractivity (Wildman–Crippen MR) is 101 cm³/mol. The SMILES string of the molecule is CC(C)(C)OC(=O)NCCC[N+](C)(C)CCC[N+](C)(C)CCCN. The minimum Gasteiger partial charge on any atom is -0.444 e. The molecule has 0 aromatic rings. The summed E-state index contributed by atoms with van der Waals surface area (Å²) in [6.45, 7) is 11.6. The van der Waals surface area contributed by atoms with E-state index in [9.17, 15) is 4.79 Å². The Morgan fingerprint density at radius 1 is 0.917 bits per heavy atom. The number of alkyl carbamates (subject to hydrolysis) is 1. The fraction of sp³-hybridized carbons (Fsp3) is 0.944. The van der Waals surface area contributed by atoms with E-state index in [1.54, 1.807) is 0 Å². The van der Waals surface area contributed by atoms with E-state index in [2.05, 4.69) is 33.5 Å². The zero-order valence-electron chi connectivity index (χ0n) is 17.2. The third kappa shape index (κ3) is 13.6. The highest BCUT2D eigenvalue weighted by atomic mass is 16.6. The first-order valence-electron chi connectivity index (χ1n) is 9.18. The van der Waals surface area contributed by atoms with Crippen LogP contribution in [0, 0.1) is 0 Å². The van der Waals surface area contributed by atoms with Gasteiger partial charge in [0, 0.05) is 25.8 Å². The van der Waals surface area contributed by atoms with Crippen molar-refractivity contribution in [3.05, 3.63) is 0 Å². The maximum Gasteiger partial charge on any atom is 0.407 e. The average molecular weight is 347 g/mol. The number of nitrogens with one attached hydrogen (secondary N) is 1. The number of hydrogen-bond acceptors (Lipinski definition) is 3. The lowest BCUT2D eigenvalue weighted by Crippen LogP contribution is -2.47. The number of nitrogens with two attached hydrogens (primary N) is 1. The van der Waals surface area contributed by atoms with E-state index in [0.29, 0.717) is 6.54 Å². The molecule has 0 aromatic carbocycles. The summed E-state index contributed by atoms with van der Waals surface area (Å²) in [6.07, 6.45) is 2.91. The second kappa shape index (κ2) is 10.2. The van der Waals surface area contributed by atoms with E-state index in [1.807, 2.05) is 20.8 Å². The third-order valence-electron chi connectivity index (χ3n) is 4.10. The quantitative estimate of drug-likeness (QED) is 0.443. The summed E-state index contributed by atoms with van der Waals surface area (Å²) in [5.41, 5.74) is 5.17. The van der Waals surface area contributed by atoms with Gasteiger partial charge in [-0.25, -0.2) is 4.79 Å². The molecule has 0 aliphatic heterocycles. The first kappa shape index (κ1) is 23.1. The molecule has 0 fully saturated rings. The second-order valence-corrected chi connectivity index (χ2v) is 9.04. The van der Waals surface area contributed by atoms with Crippen molar-refractivity contribution in [2.45, 2.75) is 45.6 Å². The minimum atomic E-state index is -0.436. The van der Waals surface area contributed by atoms with Gasteiger partial charge in [-0.3, -0.25) is 0 Å². The molecule has 3 N–H and O–H groups in total. The number of carbonyl (C=O) groups is 1. The van der Waals surface area contributed by atoms with Crippen LogP contribution in [0.1, 0.15) is 40.0 Å². The van der Waals surface area contributed by atoms with Gasteiger partial charge in [-0.1, -0.05) is 0 Å². The summed E-state index contributed by atoms with van der Waals surface area (Å²) in [4.78, 5) is 11.6. The summed E-state index contributed by atoms with van der Waals surface area (Å²) in [5.74, 6) is 0. The Labute approximate surface area is 149 Å². The van der Waals surface area contributed by atoms with Crippen LogP contribution in [-0.2, 0) is 4.74 Å². The van der Waals surface area contributed by atoms with Crippen LogP contribution in [0.5, 0.6) is 0 Å². The molecule has 0 unspecified atom stereocenters. The maximum atomic E-state index is 11.6. The predicted octanol–water partition coefficient (Wildman–Crippen LogP) is 1.79. The smallest absolute Gasteiger partial charge is 0.407 e. The number of nitrogens with zero attached hydrogens (tertiary/aromatic N) is 2. The van der Waals surface area contributed by atoms with Gasteiger partial charge >= 0.3 is 6.09 Å². The zero-order chi connectivity index (χ0) is 18.9. The largest absolute Gasteiger partial charge is 0.444 e. The van der Waals surface area contributed by atoms with Crippen molar-refractivity contribution in [3.63, 3.8) is 0 Å². The van der Waals surface area contributed by atoms with Crippen molar-refractivity contribution in [1.82, 2.24) is 5.32 Å². The molecule has 0 bridgehead atoms. The van der Waals surface area contributed by atoms with Crippen molar-refractivity contribution in [3.8, 4) is 0 Å². The van der Waals surface area contributed by atoms with Crippen LogP contribution < -0.4 is 11.1 Å². The Morgan fingerprint density at radius 3 is 1.83 bits per heavy atom. The minimum absolute atomic E-state index is 0.327. The molecule has 6 heteroatoms. The molecule has 0 rings (SSSR count). The molecule has 0 atom stereocenters. The summed E-state index contributed by atoms with van der Waals surface area (Å²) in [6, 6.07) is 0. The normalized spacial score (nSPS) is 13.0. The Kier molecular flexibility index (Phi) is 9.85. The summed E-state index contributed by atoms with van der Waals surface area (Å²) in [7, 11) is 9.07. The van der Waals surface area contributed by atoms with Crippen molar-refractivity contribution in [1.29, 1.82) is 0 Å². The van der Waals surface area contributed by atoms with Gasteiger partial charge in [-0.05, 0) is 27.3 Å². The van der Waals surface area contributed by atoms with E-state index < -0.39 is 5.60 Å². The molecule has 0 aromatic heterocycles. The first-order valence-corrected chi connectivity index (χ1v) is 9.18. The van der Waals surface area contributed by atoms with E-state index in [-0.39, 0.29) is 6.09 Å². The van der Waals surface area contributed by atoms with Gasteiger partial charge in [0.2, 0.25) is 0 Å². The number of ether oxygens (including phenoxy) is 1. The Hall–Kier alpha value is -0.850. The van der Waals surface area contributed by atoms with Crippen molar-refractivity contribution >= 4 is 6.09 Å². The van der Waals surface area contributed by atoms with Crippen LogP contribution in [0.25, 0.3) is 0 Å². The van der Waals surface area contributed by atoms with Crippen LogP contribution in [-0.4, -0.2) is 88.1 Å². The molecular formula is C18H42N4O2+2. The fourth-order valence-corrected chi connectivity index (χ4v) is 2.68. The van der Waals surface area contributed by atoms with Crippen molar-refractivity contribution in [2.24, 2.45) is 5.73 Å². The number of amides is 1. The standard InChI is InChI=1S/C18H41N4O2/c1-18(2,3)24-17(23)20-12-9-14-22(6,7)16-10-15-21(4,5)13-8-11-19/h8-16,19H2,1-7H3/q+1/p+1. The number of carbonyl (C=O) groups excluding carboxylic acids is 1. The molecule has 0 saturated heterocycles. The molecule has 0 heterocycles. The van der Waals surface area contributed by atoms with E-state index in [0.717, 1.165) is 48.0 Å². The molecule has 0 aliphatic carbocycles. The summed E-state index contributed by atoms with van der Waals surface area (Å²) >= 11 is 0. The molecule has 6 nitrogen and oxygen atoms in total. The van der Waals surface area contributed by atoms with E-state index >= 15 is 0 Å². The van der Waals surface area contributed by atoms with Gasteiger partial charge in [0.15, 0.2) is 0 Å². The number of rotatable bonds is 11. The molecule has 0 spiro atoms. The third-order valence-corrected chi connectivity index (χ3v) is 4.10. The molecule has 24 heavy (non-hydrogen) atoms. The average Bonchev–Trinajstić information content (AvgIpc) is 2.39. The van der Waals surface area contributed by atoms with Crippen LogP contribution >= 0.6 is 0 Å². The molecule has 144 valence electrons. The van der Waals surface area contributed by atoms with Crippen molar-refractivity contribution in [2.75, 3.05) is 67.5 Å². The lowest BCUT2D eigenvalue weighted by Gasteiger charge is -2.33. The van der Waals surface area contributed by atoms with Gasteiger partial charge in [0.05, 0.1) is 54.4 Å². The van der Waals surface area contributed by atoms with E-state index in [4.69, 9.17) is 10.5 Å². The molecular weight excluding hydrogens is 304 g/mol. The molecule has 0 saturated carbocycles. The summed E-state index contributed by atoms with van der Waals surface area (Å²) < 4.78 is 7.26. The highest BCUT2D eigenvalue weighted by Crippen LogP contribution is 2.07. The zero-order valence-corrected chi connectivity index (χ0v) is 17.2. The topological polar surface area (TPSA) is 64.3 Å². The Balaban J connectivity index is 3.92. The Morgan fingerprint density at radius 2 is 1.38 bits per heavy atom. The van der Waals surface area contributed by atoms with Crippen LogP contribution in [0.4, 0.5) is 4.79 Å². The monoisotopic (exact) mass is 346 g/mol. The van der Waals surface area contributed by atoms with E-state index in [1.165, 1.54) is 13.0 Å². The first-order chi connectivity index (χ1) is 10.9. The van der Waals surface area contributed by atoms with Crippen LogP contribution in [0.3, 0.4) is 0 Å². The van der Waals surface area contributed by atoms with Crippen LogP contribution in [0.2, 0.25) is 0 Å². The molecule has 0 aliphatic rings. The Bertz CT molecular complexity index is 363. The maximum absolute atomic E-state index is 11.6. The van der Waals surface area contributed by atoms with Gasteiger partial charge in [-0.2, -0.15) is 0 Å². The highest BCUT2D eigenvalue weighted by molar-refractivity contribution is 5.67. The molecule has 0 radical (unpaired) electrons. The van der Waals surface area contributed by atoms with Crippen LogP contribution in [0.15, 0.2) is 0 Å². The number of quaternary nitrogens is 2. The fourth-order valence-electron chi connectivity index (χ4n) is 2.68. The molecule has 1 amide bonds. The highest BCUT2D eigenvalue weighted by Gasteiger charge is 2.20. The van der Waals surface area contributed by atoms with Gasteiger partial charge < -0.3 is 24.8 Å². The number of hydrogen-bond donors (Lipinski definition) is 2.